The average Bonchev–Trinajstić information content (AvgIpc) is 3.03. The van der Waals surface area contributed by atoms with Crippen molar-refractivity contribution in [2.75, 3.05) is 19.6 Å². The third-order valence-corrected chi connectivity index (χ3v) is 5.47. The lowest BCUT2D eigenvalue weighted by molar-refractivity contribution is -0.149. The molecule has 2 heterocycles. The Labute approximate surface area is 150 Å². The lowest BCUT2D eigenvalue weighted by Crippen LogP contribution is -2.53. The molecule has 1 unspecified atom stereocenters. The second-order valence-electron chi connectivity index (χ2n) is 7.62. The van der Waals surface area contributed by atoms with Gasteiger partial charge in [0, 0.05) is 37.5 Å². The van der Waals surface area contributed by atoms with Gasteiger partial charge in [-0.1, -0.05) is 44.2 Å². The summed E-state index contributed by atoms with van der Waals surface area (Å²) < 4.78 is 0. The van der Waals surface area contributed by atoms with E-state index in [9.17, 15) is 9.59 Å². The number of likely N-dealkylation sites (tertiary alicyclic amines) is 2. The van der Waals surface area contributed by atoms with Gasteiger partial charge in [0.25, 0.3) is 0 Å². The maximum absolute atomic E-state index is 13.1. The van der Waals surface area contributed by atoms with E-state index in [-0.39, 0.29) is 35.7 Å². The van der Waals surface area contributed by atoms with Crippen LogP contribution in [0.15, 0.2) is 30.3 Å². The van der Waals surface area contributed by atoms with Crippen LogP contribution >= 0.6 is 0 Å². The number of nitrogens with two attached hydrogens (primary N) is 1. The molecule has 0 aliphatic carbocycles. The largest absolute Gasteiger partial charge is 0.339 e. The van der Waals surface area contributed by atoms with Crippen molar-refractivity contribution in [1.82, 2.24) is 9.80 Å². The highest BCUT2D eigenvalue weighted by molar-refractivity contribution is 5.88. The van der Waals surface area contributed by atoms with Crippen molar-refractivity contribution in [1.29, 1.82) is 0 Å². The number of amides is 2. The normalized spacial score (nSPS) is 27.0. The molecule has 1 aromatic rings. The number of rotatable bonds is 3. The predicted octanol–water partition coefficient (Wildman–Crippen LogP) is 1.98. The molecule has 2 amide bonds. The lowest BCUT2D eigenvalue weighted by Gasteiger charge is -2.37. The summed E-state index contributed by atoms with van der Waals surface area (Å²) >= 11 is 0. The highest BCUT2D eigenvalue weighted by atomic mass is 16.2. The molecule has 2 saturated heterocycles. The summed E-state index contributed by atoms with van der Waals surface area (Å²) in [4.78, 5) is 29.3. The van der Waals surface area contributed by atoms with Crippen LogP contribution < -0.4 is 5.73 Å². The van der Waals surface area contributed by atoms with Crippen LogP contribution in [0.25, 0.3) is 0 Å². The fourth-order valence-corrected chi connectivity index (χ4v) is 4.06. The Morgan fingerprint density at radius 3 is 2.52 bits per heavy atom. The number of hydrogen-bond acceptors (Lipinski definition) is 3. The van der Waals surface area contributed by atoms with Crippen molar-refractivity contribution in [3.63, 3.8) is 0 Å². The number of carbonyl (C=O) groups is 2. The van der Waals surface area contributed by atoms with E-state index in [0.717, 1.165) is 19.3 Å². The lowest BCUT2D eigenvalue weighted by atomic mass is 9.95. The van der Waals surface area contributed by atoms with Gasteiger partial charge in [0.1, 0.15) is 6.04 Å². The molecule has 2 aliphatic rings. The number of hydrogen-bond donors (Lipinski definition) is 1. The van der Waals surface area contributed by atoms with Crippen LogP contribution in [0.5, 0.6) is 0 Å². The van der Waals surface area contributed by atoms with E-state index >= 15 is 0 Å². The fraction of sp³-hybridized carbons (Fsp3) is 0.600. The molecular formula is C20H29N3O2. The predicted molar refractivity (Wildman–Crippen MR) is 97.9 cm³/mol. The molecular weight excluding hydrogens is 314 g/mol. The fourth-order valence-electron chi connectivity index (χ4n) is 4.06. The zero-order chi connectivity index (χ0) is 18.0. The molecule has 2 fully saturated rings. The molecule has 1 aromatic carbocycles. The Morgan fingerprint density at radius 2 is 1.84 bits per heavy atom. The van der Waals surface area contributed by atoms with Gasteiger partial charge < -0.3 is 15.5 Å². The van der Waals surface area contributed by atoms with Crippen molar-refractivity contribution in [2.24, 2.45) is 11.7 Å². The minimum Gasteiger partial charge on any atom is -0.339 e. The summed E-state index contributed by atoms with van der Waals surface area (Å²) in [5.41, 5.74) is 7.52. The minimum atomic E-state index is -0.314. The summed E-state index contributed by atoms with van der Waals surface area (Å²) in [6.07, 6.45) is 2.74. The van der Waals surface area contributed by atoms with E-state index in [4.69, 9.17) is 5.73 Å². The van der Waals surface area contributed by atoms with Gasteiger partial charge in [-0.3, -0.25) is 9.59 Å². The number of benzene rings is 1. The van der Waals surface area contributed by atoms with Gasteiger partial charge in [-0.15, -0.1) is 0 Å². The van der Waals surface area contributed by atoms with Crippen LogP contribution in [-0.4, -0.2) is 53.3 Å². The summed E-state index contributed by atoms with van der Waals surface area (Å²) in [5.74, 6) is 0.248. The molecule has 136 valence electrons. The van der Waals surface area contributed by atoms with Gasteiger partial charge >= 0.3 is 0 Å². The number of piperidine rings is 1. The Bertz CT molecular complexity index is 617. The third-order valence-electron chi connectivity index (χ3n) is 5.47. The first kappa shape index (κ1) is 17.9. The molecule has 0 saturated carbocycles. The van der Waals surface area contributed by atoms with Crippen molar-refractivity contribution >= 4 is 11.8 Å². The Morgan fingerprint density at radius 1 is 1.12 bits per heavy atom. The van der Waals surface area contributed by atoms with E-state index in [1.807, 2.05) is 36.9 Å². The van der Waals surface area contributed by atoms with Crippen LogP contribution in [0.2, 0.25) is 0 Å². The zero-order valence-electron chi connectivity index (χ0n) is 15.2. The Kier molecular flexibility index (Phi) is 5.42. The van der Waals surface area contributed by atoms with Crippen molar-refractivity contribution in [2.45, 2.75) is 51.1 Å². The van der Waals surface area contributed by atoms with Crippen molar-refractivity contribution in [3.8, 4) is 0 Å². The van der Waals surface area contributed by atoms with Crippen LogP contribution in [0.3, 0.4) is 0 Å². The second-order valence-corrected chi connectivity index (χ2v) is 7.62. The van der Waals surface area contributed by atoms with Gasteiger partial charge in [0.05, 0.1) is 0 Å². The number of nitrogens with zero attached hydrogens (tertiary/aromatic N) is 2. The first-order valence-electron chi connectivity index (χ1n) is 9.39. The molecule has 3 atom stereocenters. The average molecular weight is 343 g/mol. The van der Waals surface area contributed by atoms with Crippen LogP contribution in [-0.2, 0) is 9.59 Å². The minimum absolute atomic E-state index is 0.0517. The van der Waals surface area contributed by atoms with E-state index in [2.05, 4.69) is 12.1 Å². The van der Waals surface area contributed by atoms with Gasteiger partial charge in [-0.25, -0.2) is 0 Å². The monoisotopic (exact) mass is 343 g/mol. The van der Waals surface area contributed by atoms with E-state index in [0.29, 0.717) is 19.6 Å². The molecule has 0 bridgehead atoms. The summed E-state index contributed by atoms with van der Waals surface area (Å²) in [7, 11) is 0. The standard InChI is InChI=1S/C20H29N3O2/c1-14(2)19(24)23-11-7-6-10-18(23)20(25)22-12-16(17(21)13-22)15-8-4-3-5-9-15/h3-5,8-9,14,16-18H,6-7,10-13,21H2,1-2H3/t16-,17+,18?/m0/s1. The van der Waals surface area contributed by atoms with Crippen LogP contribution in [0.1, 0.15) is 44.6 Å². The SMILES string of the molecule is CC(C)C(=O)N1CCCCC1C(=O)N1C[C@@H](N)[C@H](c2ccccc2)C1. The Balaban J connectivity index is 1.73. The topological polar surface area (TPSA) is 66.6 Å². The molecule has 5 heteroatoms. The summed E-state index contributed by atoms with van der Waals surface area (Å²) in [6.45, 7) is 5.70. The van der Waals surface area contributed by atoms with Crippen LogP contribution in [0, 0.1) is 5.92 Å². The first-order chi connectivity index (χ1) is 12.0. The quantitative estimate of drug-likeness (QED) is 0.912. The number of carbonyl (C=O) groups excluding carboxylic acids is 2. The molecule has 0 radical (unpaired) electrons. The third kappa shape index (κ3) is 3.71. The van der Waals surface area contributed by atoms with Gasteiger partial charge in [0.2, 0.25) is 11.8 Å². The second kappa shape index (κ2) is 7.56. The van der Waals surface area contributed by atoms with Gasteiger partial charge in [0.15, 0.2) is 0 Å². The highest BCUT2D eigenvalue weighted by Crippen LogP contribution is 2.29. The smallest absolute Gasteiger partial charge is 0.245 e. The maximum Gasteiger partial charge on any atom is 0.245 e. The molecule has 2 aliphatic heterocycles. The van der Waals surface area contributed by atoms with Gasteiger partial charge in [-0.2, -0.15) is 0 Å². The van der Waals surface area contributed by atoms with E-state index < -0.39 is 0 Å². The molecule has 5 nitrogen and oxygen atoms in total. The summed E-state index contributed by atoms with van der Waals surface area (Å²) in [6, 6.07) is 9.80. The molecule has 0 spiro atoms. The summed E-state index contributed by atoms with van der Waals surface area (Å²) in [5, 5.41) is 0. The molecule has 0 aromatic heterocycles. The highest BCUT2D eigenvalue weighted by Gasteiger charge is 2.40. The van der Waals surface area contributed by atoms with Crippen molar-refractivity contribution in [3.05, 3.63) is 35.9 Å². The van der Waals surface area contributed by atoms with Crippen LogP contribution in [0.4, 0.5) is 0 Å². The molecule has 25 heavy (non-hydrogen) atoms. The Hall–Kier alpha value is -1.88. The van der Waals surface area contributed by atoms with E-state index in [1.165, 1.54) is 5.56 Å². The maximum atomic E-state index is 13.1. The van der Waals surface area contributed by atoms with E-state index in [1.54, 1.807) is 4.90 Å². The van der Waals surface area contributed by atoms with Gasteiger partial charge in [-0.05, 0) is 24.8 Å². The molecule has 3 rings (SSSR count). The molecule has 2 N–H and O–H groups in total. The zero-order valence-corrected chi connectivity index (χ0v) is 15.2. The first-order valence-corrected chi connectivity index (χ1v) is 9.39. The van der Waals surface area contributed by atoms with Crippen molar-refractivity contribution < 1.29 is 9.59 Å².